The van der Waals surface area contributed by atoms with E-state index in [2.05, 4.69) is 0 Å². The fourth-order valence-electron chi connectivity index (χ4n) is 2.57. The number of nitro groups is 1. The second-order valence-electron chi connectivity index (χ2n) is 5.87. The lowest BCUT2D eigenvalue weighted by Gasteiger charge is -2.24. The van der Waals surface area contributed by atoms with Gasteiger partial charge in [-0.3, -0.25) is 10.1 Å². The molecule has 3 aromatic rings. The normalized spacial score (nSPS) is 11.8. The largest absolute Gasteiger partial charge is 0.289 e. The Bertz CT molecular complexity index is 1330. The van der Waals surface area contributed by atoms with Crippen molar-refractivity contribution < 1.29 is 21.8 Å². The van der Waals surface area contributed by atoms with Crippen molar-refractivity contribution in [2.24, 2.45) is 0 Å². The van der Waals surface area contributed by atoms with Crippen molar-refractivity contribution in [2.75, 3.05) is 3.71 Å². The molecule has 0 unspecified atom stereocenters. The summed E-state index contributed by atoms with van der Waals surface area (Å²) in [5, 5.41) is 11.0. The molecular formula is C18H12Cl2N2O6S2. The number of nitrogens with zero attached hydrogens (tertiary/aromatic N) is 2. The minimum atomic E-state index is -4.81. The van der Waals surface area contributed by atoms with E-state index in [9.17, 15) is 26.9 Å². The summed E-state index contributed by atoms with van der Waals surface area (Å²) < 4.78 is 53.6. The Morgan fingerprint density at radius 1 is 0.767 bits per heavy atom. The predicted octanol–water partition coefficient (Wildman–Crippen LogP) is 4.49. The molecule has 0 aliphatic carbocycles. The smallest absolute Gasteiger partial charge is 0.258 e. The Balaban J connectivity index is 2.29. The van der Waals surface area contributed by atoms with Gasteiger partial charge < -0.3 is 0 Å². The van der Waals surface area contributed by atoms with Crippen LogP contribution in [0.5, 0.6) is 0 Å². The molecule has 0 heterocycles. The van der Waals surface area contributed by atoms with Gasteiger partial charge in [0.1, 0.15) is 5.02 Å². The minimum absolute atomic E-state index is 0.0867. The van der Waals surface area contributed by atoms with E-state index in [1.54, 1.807) is 6.07 Å². The van der Waals surface area contributed by atoms with Crippen LogP contribution in [-0.4, -0.2) is 21.8 Å². The molecule has 0 aromatic heterocycles. The van der Waals surface area contributed by atoms with Crippen LogP contribution in [0.4, 0.5) is 11.4 Å². The molecule has 0 saturated carbocycles. The van der Waals surface area contributed by atoms with E-state index < -0.39 is 35.6 Å². The average molecular weight is 487 g/mol. The number of para-hydroxylation sites is 1. The maximum atomic E-state index is 13.4. The first kappa shape index (κ1) is 22.0. The number of anilines is 1. The first-order valence-corrected chi connectivity index (χ1v) is 11.7. The van der Waals surface area contributed by atoms with Gasteiger partial charge in [0.15, 0.2) is 0 Å². The zero-order valence-electron chi connectivity index (χ0n) is 14.8. The topological polar surface area (TPSA) is 115 Å². The van der Waals surface area contributed by atoms with Gasteiger partial charge >= 0.3 is 0 Å². The number of hydrogen-bond acceptors (Lipinski definition) is 6. The highest BCUT2D eigenvalue weighted by Crippen LogP contribution is 2.34. The molecule has 8 nitrogen and oxygen atoms in total. The molecule has 3 aromatic carbocycles. The summed E-state index contributed by atoms with van der Waals surface area (Å²) in [6.45, 7) is 0. The molecule has 0 saturated heterocycles. The summed E-state index contributed by atoms with van der Waals surface area (Å²) in [7, 11) is -9.47. The number of nitro benzene ring substituents is 1. The lowest BCUT2D eigenvalue weighted by Crippen LogP contribution is -2.37. The molecule has 0 radical (unpaired) electrons. The molecule has 0 amide bonds. The van der Waals surface area contributed by atoms with E-state index in [1.165, 1.54) is 42.5 Å². The molecule has 0 aliphatic heterocycles. The van der Waals surface area contributed by atoms with Crippen LogP contribution in [0.3, 0.4) is 0 Å². The monoisotopic (exact) mass is 486 g/mol. The molecule has 0 bridgehead atoms. The number of sulfonamides is 2. The van der Waals surface area contributed by atoms with E-state index in [1.807, 2.05) is 0 Å². The predicted molar refractivity (Wildman–Crippen MR) is 113 cm³/mol. The Hall–Kier alpha value is -2.66. The first-order chi connectivity index (χ1) is 14.0. The lowest BCUT2D eigenvalue weighted by molar-refractivity contribution is -0.384. The highest BCUT2D eigenvalue weighted by atomic mass is 35.5. The molecular weight excluding hydrogens is 475 g/mol. The van der Waals surface area contributed by atoms with Crippen LogP contribution in [0.2, 0.25) is 10.0 Å². The Kier molecular flexibility index (Phi) is 6.04. The van der Waals surface area contributed by atoms with E-state index in [-0.39, 0.29) is 24.3 Å². The van der Waals surface area contributed by atoms with Crippen LogP contribution in [0, 0.1) is 10.1 Å². The summed E-state index contributed by atoms with van der Waals surface area (Å²) in [6.07, 6.45) is 0. The minimum Gasteiger partial charge on any atom is -0.258 e. The summed E-state index contributed by atoms with van der Waals surface area (Å²) in [4.78, 5) is 9.33. The highest BCUT2D eigenvalue weighted by Gasteiger charge is 2.38. The Morgan fingerprint density at radius 3 is 1.93 bits per heavy atom. The van der Waals surface area contributed by atoms with Crippen LogP contribution < -0.4 is 3.71 Å². The Morgan fingerprint density at radius 2 is 1.37 bits per heavy atom. The van der Waals surface area contributed by atoms with Crippen molar-refractivity contribution in [3.05, 3.63) is 93.0 Å². The molecule has 0 atom stereocenters. The number of rotatable bonds is 6. The lowest BCUT2D eigenvalue weighted by atomic mass is 10.3. The first-order valence-electron chi connectivity index (χ1n) is 8.10. The van der Waals surface area contributed by atoms with Crippen molar-refractivity contribution in [1.29, 1.82) is 0 Å². The van der Waals surface area contributed by atoms with Gasteiger partial charge in [-0.25, -0.2) is 16.8 Å². The van der Waals surface area contributed by atoms with Crippen molar-refractivity contribution in [2.45, 2.75) is 9.79 Å². The molecule has 12 heteroatoms. The standard InChI is InChI=1S/C18H12Cl2N2O6S2/c19-13-5-4-8-15(11-13)29(25,26)22(14-6-2-1-3-7-14)30(27,28)16-9-10-17(20)18(12-16)21(23)24/h1-12H. The van der Waals surface area contributed by atoms with Crippen molar-refractivity contribution in [3.63, 3.8) is 0 Å². The fraction of sp³-hybridized carbons (Fsp3) is 0. The van der Waals surface area contributed by atoms with Gasteiger partial charge in [-0.1, -0.05) is 47.5 Å². The molecule has 0 fully saturated rings. The third kappa shape index (κ3) is 4.12. The van der Waals surface area contributed by atoms with E-state index in [0.717, 1.165) is 18.2 Å². The zero-order chi connectivity index (χ0) is 22.1. The van der Waals surface area contributed by atoms with Gasteiger partial charge in [0.2, 0.25) is 0 Å². The molecule has 3 rings (SSSR count). The maximum absolute atomic E-state index is 13.4. The van der Waals surface area contributed by atoms with Crippen LogP contribution in [0.15, 0.2) is 82.6 Å². The third-order valence-corrected chi connectivity index (χ3v) is 8.64. The molecule has 0 aliphatic rings. The van der Waals surface area contributed by atoms with Gasteiger partial charge in [0.25, 0.3) is 25.7 Å². The van der Waals surface area contributed by atoms with Crippen LogP contribution in [0.1, 0.15) is 0 Å². The van der Waals surface area contributed by atoms with Crippen LogP contribution in [-0.2, 0) is 20.0 Å². The van der Waals surface area contributed by atoms with Crippen molar-refractivity contribution >= 4 is 54.6 Å². The van der Waals surface area contributed by atoms with Crippen molar-refractivity contribution in [1.82, 2.24) is 0 Å². The van der Waals surface area contributed by atoms with Crippen molar-refractivity contribution in [3.8, 4) is 0 Å². The van der Waals surface area contributed by atoms with Gasteiger partial charge in [-0.2, -0.15) is 3.71 Å². The summed E-state index contributed by atoms with van der Waals surface area (Å²) in [5.74, 6) is 0. The SMILES string of the molecule is O=[N+]([O-])c1cc(S(=O)(=O)N(c2ccccc2)S(=O)(=O)c2cccc(Cl)c2)ccc1Cl. The second-order valence-corrected chi connectivity index (χ2v) is 10.5. The summed E-state index contributed by atoms with van der Waals surface area (Å²) in [5.41, 5.74) is -0.860. The fourth-order valence-corrected chi connectivity index (χ4v) is 6.77. The maximum Gasteiger partial charge on any atom is 0.289 e. The summed E-state index contributed by atoms with van der Waals surface area (Å²) in [6, 6.07) is 14.9. The summed E-state index contributed by atoms with van der Waals surface area (Å²) >= 11 is 11.6. The molecule has 30 heavy (non-hydrogen) atoms. The van der Waals surface area contributed by atoms with Gasteiger partial charge in [-0.05, 0) is 42.5 Å². The van der Waals surface area contributed by atoms with Crippen LogP contribution >= 0.6 is 23.2 Å². The molecule has 0 spiro atoms. The van der Waals surface area contributed by atoms with Crippen LogP contribution in [0.25, 0.3) is 0 Å². The highest BCUT2D eigenvalue weighted by molar-refractivity contribution is 8.10. The number of benzene rings is 3. The number of hydrogen-bond donors (Lipinski definition) is 0. The number of halogens is 2. The van der Waals surface area contributed by atoms with E-state index in [0.29, 0.717) is 6.07 Å². The van der Waals surface area contributed by atoms with E-state index in [4.69, 9.17) is 23.2 Å². The Labute approximate surface area is 182 Å². The van der Waals surface area contributed by atoms with Gasteiger partial charge in [0.05, 0.1) is 20.4 Å². The van der Waals surface area contributed by atoms with Gasteiger partial charge in [-0.15, -0.1) is 0 Å². The molecule has 156 valence electrons. The average Bonchev–Trinajstić information content (AvgIpc) is 2.68. The third-order valence-electron chi connectivity index (χ3n) is 3.91. The molecule has 0 N–H and O–H groups in total. The second kappa shape index (κ2) is 8.23. The quantitative estimate of drug-likeness (QED) is 0.374. The zero-order valence-corrected chi connectivity index (χ0v) is 18.0. The van der Waals surface area contributed by atoms with Gasteiger partial charge in [0, 0.05) is 11.1 Å². The van der Waals surface area contributed by atoms with E-state index >= 15 is 0 Å².